The van der Waals surface area contributed by atoms with Crippen LogP contribution in [0.15, 0.2) is 57.7 Å². The van der Waals surface area contributed by atoms with Crippen molar-refractivity contribution < 1.29 is 23.5 Å². The number of carbonyl (C=O) groups is 2. The van der Waals surface area contributed by atoms with Gasteiger partial charge in [-0.05, 0) is 43.7 Å². The highest BCUT2D eigenvalue weighted by atomic mass is 16.5. The first-order chi connectivity index (χ1) is 14.5. The number of rotatable bonds is 5. The minimum Gasteiger partial charge on any atom is -0.492 e. The first-order valence-corrected chi connectivity index (χ1v) is 9.74. The molecule has 0 aliphatic carbocycles. The molecule has 0 N–H and O–H groups in total. The third kappa shape index (κ3) is 3.78. The molecule has 7 heteroatoms. The zero-order valence-corrected chi connectivity index (χ0v) is 16.7. The summed E-state index contributed by atoms with van der Waals surface area (Å²) >= 11 is 0. The molecule has 1 aliphatic rings. The van der Waals surface area contributed by atoms with Crippen molar-refractivity contribution in [1.29, 1.82) is 0 Å². The summed E-state index contributed by atoms with van der Waals surface area (Å²) in [6.45, 7) is 4.37. The van der Waals surface area contributed by atoms with E-state index in [-0.39, 0.29) is 24.6 Å². The Labute approximate surface area is 172 Å². The molecular formula is C23H21NO6. The zero-order chi connectivity index (χ0) is 21.3. The molecule has 1 aromatic heterocycles. The maximum Gasteiger partial charge on any atom is 0.336 e. The van der Waals surface area contributed by atoms with E-state index in [4.69, 9.17) is 13.9 Å². The topological polar surface area (TPSA) is 86.0 Å². The largest absolute Gasteiger partial charge is 0.492 e. The van der Waals surface area contributed by atoms with Gasteiger partial charge >= 0.3 is 11.6 Å². The van der Waals surface area contributed by atoms with E-state index in [1.54, 1.807) is 29.2 Å². The number of anilines is 1. The summed E-state index contributed by atoms with van der Waals surface area (Å²) in [5.74, 6) is -0.408. The number of esters is 1. The van der Waals surface area contributed by atoms with Gasteiger partial charge in [0.15, 0.2) is 0 Å². The molecule has 1 saturated heterocycles. The van der Waals surface area contributed by atoms with Crippen molar-refractivity contribution in [2.24, 2.45) is 5.92 Å². The fourth-order valence-corrected chi connectivity index (χ4v) is 3.62. The van der Waals surface area contributed by atoms with Gasteiger partial charge in [0, 0.05) is 30.5 Å². The lowest BCUT2D eigenvalue weighted by Gasteiger charge is -2.20. The van der Waals surface area contributed by atoms with Gasteiger partial charge in [0.25, 0.3) is 0 Å². The van der Waals surface area contributed by atoms with Crippen LogP contribution in [-0.2, 0) is 9.59 Å². The second-order valence-corrected chi connectivity index (χ2v) is 7.13. The minimum absolute atomic E-state index is 0.0566. The van der Waals surface area contributed by atoms with Crippen molar-refractivity contribution in [3.63, 3.8) is 0 Å². The Hall–Kier alpha value is -3.61. The first kappa shape index (κ1) is 19.7. The fourth-order valence-electron chi connectivity index (χ4n) is 3.62. The molecule has 1 fully saturated rings. The van der Waals surface area contributed by atoms with Crippen LogP contribution < -0.4 is 20.0 Å². The molecule has 0 unspecified atom stereocenters. The lowest BCUT2D eigenvalue weighted by molar-refractivity contribution is -0.139. The van der Waals surface area contributed by atoms with Crippen molar-refractivity contribution in [1.82, 2.24) is 0 Å². The summed E-state index contributed by atoms with van der Waals surface area (Å²) in [6.07, 6.45) is 0.0566. The first-order valence-electron chi connectivity index (χ1n) is 9.74. The van der Waals surface area contributed by atoms with Crippen molar-refractivity contribution >= 4 is 28.5 Å². The van der Waals surface area contributed by atoms with Crippen LogP contribution in [0.3, 0.4) is 0 Å². The Balaban J connectivity index is 1.52. The van der Waals surface area contributed by atoms with Crippen LogP contribution in [0, 0.1) is 12.8 Å². The van der Waals surface area contributed by atoms with Crippen LogP contribution in [0.25, 0.3) is 11.0 Å². The van der Waals surface area contributed by atoms with Crippen LogP contribution >= 0.6 is 0 Å². The summed E-state index contributed by atoms with van der Waals surface area (Å²) in [5, 5.41) is 0.768. The van der Waals surface area contributed by atoms with Gasteiger partial charge in [-0.25, -0.2) is 4.79 Å². The summed E-state index contributed by atoms with van der Waals surface area (Å²) in [5.41, 5.74) is 1.31. The maximum atomic E-state index is 12.7. The number of nitrogens with zero attached hydrogens (tertiary/aromatic N) is 1. The van der Waals surface area contributed by atoms with Gasteiger partial charge in [0.1, 0.15) is 17.1 Å². The van der Waals surface area contributed by atoms with Crippen molar-refractivity contribution in [2.75, 3.05) is 18.1 Å². The average Bonchev–Trinajstić information content (AvgIpc) is 3.10. The number of benzene rings is 2. The molecule has 154 valence electrons. The van der Waals surface area contributed by atoms with Gasteiger partial charge in [-0.15, -0.1) is 0 Å². The zero-order valence-electron chi connectivity index (χ0n) is 16.7. The van der Waals surface area contributed by atoms with Gasteiger partial charge in [-0.2, -0.15) is 0 Å². The van der Waals surface area contributed by atoms with Crippen LogP contribution in [-0.4, -0.2) is 25.0 Å². The summed E-state index contributed by atoms with van der Waals surface area (Å²) in [6, 6.07) is 13.6. The Kier molecular flexibility index (Phi) is 5.27. The minimum atomic E-state index is -0.604. The number of amides is 1. The molecule has 1 amide bonds. The number of hydrogen-bond acceptors (Lipinski definition) is 6. The highest BCUT2D eigenvalue weighted by Gasteiger charge is 2.37. The number of ether oxygens (including phenoxy) is 2. The van der Waals surface area contributed by atoms with Crippen LogP contribution in [0.4, 0.5) is 5.69 Å². The van der Waals surface area contributed by atoms with Crippen LogP contribution in [0.1, 0.15) is 18.9 Å². The normalized spacial score (nSPS) is 16.1. The third-order valence-corrected chi connectivity index (χ3v) is 5.06. The molecule has 1 atom stereocenters. The summed E-state index contributed by atoms with van der Waals surface area (Å²) < 4.78 is 16.3. The van der Waals surface area contributed by atoms with Gasteiger partial charge in [-0.3, -0.25) is 9.59 Å². The molecule has 30 heavy (non-hydrogen) atoms. The van der Waals surface area contributed by atoms with Gasteiger partial charge in [0.05, 0.1) is 18.2 Å². The highest BCUT2D eigenvalue weighted by Crippen LogP contribution is 2.33. The average molecular weight is 407 g/mol. The monoisotopic (exact) mass is 407 g/mol. The third-order valence-electron chi connectivity index (χ3n) is 5.06. The van der Waals surface area contributed by atoms with E-state index in [0.29, 0.717) is 23.6 Å². The van der Waals surface area contributed by atoms with Gasteiger partial charge in [-0.1, -0.05) is 12.1 Å². The van der Waals surface area contributed by atoms with E-state index in [9.17, 15) is 14.4 Å². The fraction of sp³-hybridized carbons (Fsp3) is 0.261. The maximum absolute atomic E-state index is 12.7. The van der Waals surface area contributed by atoms with Gasteiger partial charge < -0.3 is 18.8 Å². The lowest BCUT2D eigenvalue weighted by Crippen LogP contribution is -2.27. The van der Waals surface area contributed by atoms with Crippen LogP contribution in [0.2, 0.25) is 0 Å². The molecular weight excluding hydrogens is 386 g/mol. The van der Waals surface area contributed by atoms with Crippen molar-refractivity contribution in [3.8, 4) is 11.5 Å². The van der Waals surface area contributed by atoms with Gasteiger partial charge in [0.2, 0.25) is 5.91 Å². The number of para-hydroxylation sites is 2. The molecule has 7 nitrogen and oxygen atoms in total. The van der Waals surface area contributed by atoms with E-state index >= 15 is 0 Å². The van der Waals surface area contributed by atoms with Crippen molar-refractivity contribution in [3.05, 3.63) is 64.5 Å². The smallest absolute Gasteiger partial charge is 0.336 e. The molecule has 4 rings (SSSR count). The number of hydrogen-bond donors (Lipinski definition) is 0. The molecule has 0 saturated carbocycles. The lowest BCUT2D eigenvalue weighted by atomic mass is 10.1. The van der Waals surface area contributed by atoms with E-state index in [2.05, 4.69) is 0 Å². The predicted octanol–water partition coefficient (Wildman–Crippen LogP) is 3.46. The Morgan fingerprint density at radius 2 is 1.97 bits per heavy atom. The molecule has 0 spiro atoms. The van der Waals surface area contributed by atoms with Crippen molar-refractivity contribution in [2.45, 2.75) is 20.3 Å². The predicted molar refractivity (Wildman–Crippen MR) is 111 cm³/mol. The number of aryl methyl sites for hydroxylation is 1. The number of fused-ring (bicyclic) bond motifs is 1. The quantitative estimate of drug-likeness (QED) is 0.366. The number of carbonyl (C=O) groups excluding carboxylic acids is 2. The molecule has 1 aliphatic heterocycles. The summed E-state index contributed by atoms with van der Waals surface area (Å²) in [7, 11) is 0. The van der Waals surface area contributed by atoms with E-state index in [1.165, 1.54) is 12.1 Å². The summed E-state index contributed by atoms with van der Waals surface area (Å²) in [4.78, 5) is 38.4. The Bertz CT molecular complexity index is 1180. The second kappa shape index (κ2) is 8.02. The standard InChI is InChI=1S/C23H21NO6/c1-3-28-19-7-5-4-6-18(19)24-13-15(11-21(24)25)23(27)29-16-8-9-17-14(2)10-22(26)30-20(17)12-16/h4-10,12,15H,3,11,13H2,1-2H3/t15-/m1/s1. The van der Waals surface area contributed by atoms with Crippen LogP contribution in [0.5, 0.6) is 11.5 Å². The highest BCUT2D eigenvalue weighted by molar-refractivity contribution is 6.00. The van der Waals surface area contributed by atoms with E-state index < -0.39 is 17.5 Å². The van der Waals surface area contributed by atoms with E-state index in [0.717, 1.165) is 10.9 Å². The Morgan fingerprint density at radius 1 is 1.17 bits per heavy atom. The molecule has 0 bridgehead atoms. The molecule has 2 aromatic carbocycles. The molecule has 3 aromatic rings. The SMILES string of the molecule is CCOc1ccccc1N1C[C@H](C(=O)Oc2ccc3c(C)cc(=O)oc3c2)CC1=O. The molecule has 2 heterocycles. The van der Waals surface area contributed by atoms with E-state index in [1.807, 2.05) is 26.0 Å². The Morgan fingerprint density at radius 3 is 2.77 bits per heavy atom. The molecule has 0 radical (unpaired) electrons. The second-order valence-electron chi connectivity index (χ2n) is 7.13.